The van der Waals surface area contributed by atoms with Crippen LogP contribution in [0.3, 0.4) is 0 Å². The van der Waals surface area contributed by atoms with E-state index in [0.717, 1.165) is 40.5 Å². The number of ether oxygens (including phenoxy) is 1. The Hall–Kier alpha value is -1.82. The van der Waals surface area contributed by atoms with E-state index in [1.807, 2.05) is 25.1 Å². The van der Waals surface area contributed by atoms with E-state index in [1.165, 1.54) is 0 Å². The molecule has 112 valence electrons. The van der Waals surface area contributed by atoms with Gasteiger partial charge in [0.2, 0.25) is 0 Å². The van der Waals surface area contributed by atoms with E-state index in [1.54, 1.807) is 11.3 Å². The standard InChI is InChI=1S/C15H18N2O3S/c1-2-20-11-5-6-12-13(8-11)21-15(16-12)17-7-3-4-10(9-17)14(18)19/h5-6,8,10H,2-4,7,9H2,1H3,(H,18,19)/t10-/m1/s1. The number of aliphatic carboxylic acids is 1. The number of aromatic nitrogens is 1. The lowest BCUT2D eigenvalue weighted by Crippen LogP contribution is -2.38. The zero-order valence-corrected chi connectivity index (χ0v) is 12.7. The largest absolute Gasteiger partial charge is 0.494 e. The van der Waals surface area contributed by atoms with Crippen LogP contribution in [0.1, 0.15) is 19.8 Å². The summed E-state index contributed by atoms with van der Waals surface area (Å²) in [7, 11) is 0. The number of piperidine rings is 1. The van der Waals surface area contributed by atoms with Crippen LogP contribution in [0.15, 0.2) is 18.2 Å². The number of carboxylic acid groups (broad SMARTS) is 1. The van der Waals surface area contributed by atoms with Crippen molar-refractivity contribution in [1.29, 1.82) is 0 Å². The first-order chi connectivity index (χ1) is 10.2. The van der Waals surface area contributed by atoms with Crippen molar-refractivity contribution in [3.8, 4) is 5.75 Å². The second-order valence-corrected chi connectivity index (χ2v) is 6.19. The number of carboxylic acids is 1. The Morgan fingerprint density at radius 2 is 2.43 bits per heavy atom. The van der Waals surface area contributed by atoms with E-state index in [0.29, 0.717) is 13.2 Å². The highest BCUT2D eigenvalue weighted by atomic mass is 32.1. The number of hydrogen-bond donors (Lipinski definition) is 1. The summed E-state index contributed by atoms with van der Waals surface area (Å²) in [6.45, 7) is 4.03. The smallest absolute Gasteiger partial charge is 0.308 e. The molecule has 6 heteroatoms. The number of anilines is 1. The summed E-state index contributed by atoms with van der Waals surface area (Å²) in [6, 6.07) is 5.88. The maximum atomic E-state index is 11.2. The molecule has 0 bridgehead atoms. The van der Waals surface area contributed by atoms with Crippen LogP contribution in [0, 0.1) is 5.92 Å². The van der Waals surface area contributed by atoms with Crippen LogP contribution < -0.4 is 9.64 Å². The van der Waals surface area contributed by atoms with Gasteiger partial charge in [0.05, 0.1) is 22.7 Å². The second kappa shape index (κ2) is 5.89. The molecule has 1 atom stereocenters. The summed E-state index contributed by atoms with van der Waals surface area (Å²) < 4.78 is 6.58. The molecule has 0 aliphatic carbocycles. The van der Waals surface area contributed by atoms with E-state index in [4.69, 9.17) is 4.74 Å². The molecular weight excluding hydrogens is 288 g/mol. The third-order valence-corrected chi connectivity index (χ3v) is 4.78. The summed E-state index contributed by atoms with van der Waals surface area (Å²) in [5.41, 5.74) is 0.941. The quantitative estimate of drug-likeness (QED) is 0.941. The van der Waals surface area contributed by atoms with Crippen LogP contribution >= 0.6 is 11.3 Å². The minimum Gasteiger partial charge on any atom is -0.494 e. The number of hydrogen-bond acceptors (Lipinski definition) is 5. The third-order valence-electron chi connectivity index (χ3n) is 3.70. The molecule has 0 amide bonds. The Morgan fingerprint density at radius 1 is 1.57 bits per heavy atom. The lowest BCUT2D eigenvalue weighted by molar-refractivity contribution is -0.141. The maximum absolute atomic E-state index is 11.2. The van der Waals surface area contributed by atoms with Gasteiger partial charge >= 0.3 is 5.97 Å². The van der Waals surface area contributed by atoms with Crippen LogP contribution in [0.25, 0.3) is 10.2 Å². The lowest BCUT2D eigenvalue weighted by atomic mass is 9.99. The van der Waals surface area contributed by atoms with Crippen LogP contribution in [0.5, 0.6) is 5.75 Å². The monoisotopic (exact) mass is 306 g/mol. The molecule has 5 nitrogen and oxygen atoms in total. The van der Waals surface area contributed by atoms with Crippen LogP contribution in [-0.4, -0.2) is 35.8 Å². The molecule has 1 aromatic carbocycles. The van der Waals surface area contributed by atoms with E-state index in [2.05, 4.69) is 9.88 Å². The number of carbonyl (C=O) groups is 1. The first-order valence-corrected chi connectivity index (χ1v) is 8.00. The molecule has 1 fully saturated rings. The molecule has 21 heavy (non-hydrogen) atoms. The molecular formula is C15H18N2O3S. The fraction of sp³-hybridized carbons (Fsp3) is 0.467. The van der Waals surface area contributed by atoms with Crippen LogP contribution in [0.2, 0.25) is 0 Å². The van der Waals surface area contributed by atoms with Gasteiger partial charge in [-0.05, 0) is 38.0 Å². The van der Waals surface area contributed by atoms with Gasteiger partial charge in [0.25, 0.3) is 0 Å². The molecule has 2 heterocycles. The van der Waals surface area contributed by atoms with Gasteiger partial charge in [-0.2, -0.15) is 0 Å². The van der Waals surface area contributed by atoms with Crippen molar-refractivity contribution in [2.24, 2.45) is 5.92 Å². The van der Waals surface area contributed by atoms with E-state index in [-0.39, 0.29) is 5.92 Å². The van der Waals surface area contributed by atoms with Crippen molar-refractivity contribution in [3.63, 3.8) is 0 Å². The van der Waals surface area contributed by atoms with Gasteiger partial charge in [0.15, 0.2) is 5.13 Å². The molecule has 3 rings (SSSR count). The molecule has 1 aliphatic rings. The topological polar surface area (TPSA) is 62.7 Å². The Bertz CT molecular complexity index is 655. The number of nitrogens with zero attached hydrogens (tertiary/aromatic N) is 2. The normalized spacial score (nSPS) is 18.9. The molecule has 0 unspecified atom stereocenters. The van der Waals surface area contributed by atoms with Crippen LogP contribution in [0.4, 0.5) is 5.13 Å². The van der Waals surface area contributed by atoms with Crippen molar-refractivity contribution in [2.75, 3.05) is 24.6 Å². The molecule has 0 saturated carbocycles. The third kappa shape index (κ3) is 2.95. The van der Waals surface area contributed by atoms with Gasteiger partial charge in [-0.25, -0.2) is 4.98 Å². The van der Waals surface area contributed by atoms with Crippen molar-refractivity contribution >= 4 is 32.7 Å². The number of fused-ring (bicyclic) bond motifs is 1. The molecule has 2 aromatic rings. The lowest BCUT2D eigenvalue weighted by Gasteiger charge is -2.30. The SMILES string of the molecule is CCOc1ccc2nc(N3CCC[C@@H](C(=O)O)C3)sc2c1. The molecule has 1 saturated heterocycles. The van der Waals surface area contributed by atoms with Crippen molar-refractivity contribution < 1.29 is 14.6 Å². The van der Waals surface area contributed by atoms with Gasteiger partial charge in [0, 0.05) is 13.1 Å². The first kappa shape index (κ1) is 14.1. The summed E-state index contributed by atoms with van der Waals surface area (Å²) in [6.07, 6.45) is 1.66. The Morgan fingerprint density at radius 3 is 3.19 bits per heavy atom. The molecule has 1 N–H and O–H groups in total. The predicted molar refractivity (Wildman–Crippen MR) is 83.4 cm³/mol. The summed E-state index contributed by atoms with van der Waals surface area (Å²) in [5, 5.41) is 10.1. The highest BCUT2D eigenvalue weighted by molar-refractivity contribution is 7.22. The zero-order valence-electron chi connectivity index (χ0n) is 11.9. The van der Waals surface area contributed by atoms with Gasteiger partial charge in [-0.15, -0.1) is 0 Å². The number of thiazole rings is 1. The van der Waals surface area contributed by atoms with E-state index in [9.17, 15) is 9.90 Å². The summed E-state index contributed by atoms with van der Waals surface area (Å²) in [4.78, 5) is 17.9. The van der Waals surface area contributed by atoms with Crippen molar-refractivity contribution in [1.82, 2.24) is 4.98 Å². The average molecular weight is 306 g/mol. The van der Waals surface area contributed by atoms with Crippen LogP contribution in [-0.2, 0) is 4.79 Å². The summed E-state index contributed by atoms with van der Waals surface area (Å²) >= 11 is 1.60. The van der Waals surface area contributed by atoms with Gasteiger partial charge in [-0.3, -0.25) is 4.79 Å². The average Bonchev–Trinajstić information content (AvgIpc) is 2.91. The highest BCUT2D eigenvalue weighted by Gasteiger charge is 2.27. The number of benzene rings is 1. The minimum atomic E-state index is -0.709. The fourth-order valence-corrected chi connectivity index (χ4v) is 3.67. The minimum absolute atomic E-state index is 0.287. The highest BCUT2D eigenvalue weighted by Crippen LogP contribution is 2.33. The number of rotatable bonds is 4. The van der Waals surface area contributed by atoms with E-state index < -0.39 is 5.97 Å². The Balaban J connectivity index is 1.84. The maximum Gasteiger partial charge on any atom is 0.308 e. The molecule has 0 radical (unpaired) electrons. The van der Waals surface area contributed by atoms with Crippen molar-refractivity contribution in [3.05, 3.63) is 18.2 Å². The predicted octanol–water partition coefficient (Wildman–Crippen LogP) is 3.00. The second-order valence-electron chi connectivity index (χ2n) is 5.18. The fourth-order valence-electron chi connectivity index (χ4n) is 2.64. The molecule has 0 spiro atoms. The Labute approximate surface area is 127 Å². The van der Waals surface area contributed by atoms with Gasteiger partial charge in [0.1, 0.15) is 5.75 Å². The van der Waals surface area contributed by atoms with Crippen molar-refractivity contribution in [2.45, 2.75) is 19.8 Å². The first-order valence-electron chi connectivity index (χ1n) is 7.18. The Kier molecular flexibility index (Phi) is 3.96. The van der Waals surface area contributed by atoms with Gasteiger partial charge < -0.3 is 14.7 Å². The van der Waals surface area contributed by atoms with E-state index >= 15 is 0 Å². The van der Waals surface area contributed by atoms with Gasteiger partial charge in [-0.1, -0.05) is 11.3 Å². The molecule has 1 aromatic heterocycles. The molecule has 1 aliphatic heterocycles. The summed E-state index contributed by atoms with van der Waals surface area (Å²) in [5.74, 6) is -0.147. The zero-order chi connectivity index (χ0) is 14.8.